The summed E-state index contributed by atoms with van der Waals surface area (Å²) in [4.78, 5) is 12.0. The molecule has 0 radical (unpaired) electrons. The molecule has 0 aliphatic carbocycles. The number of para-hydroxylation sites is 1. The van der Waals surface area contributed by atoms with Crippen molar-refractivity contribution in [1.29, 1.82) is 0 Å². The number of sulfonamides is 1. The van der Waals surface area contributed by atoms with E-state index in [-0.39, 0.29) is 10.8 Å². The molecule has 2 aromatic rings. The average Bonchev–Trinajstić information content (AvgIpc) is 2.57. The van der Waals surface area contributed by atoms with E-state index in [1.54, 1.807) is 24.3 Å². The van der Waals surface area contributed by atoms with Crippen LogP contribution in [0.3, 0.4) is 0 Å². The molecule has 0 saturated heterocycles. The van der Waals surface area contributed by atoms with Crippen molar-refractivity contribution < 1.29 is 13.2 Å². The van der Waals surface area contributed by atoms with Crippen molar-refractivity contribution in [2.75, 3.05) is 11.3 Å². The summed E-state index contributed by atoms with van der Waals surface area (Å²) in [7, 11) is -3.77. The van der Waals surface area contributed by atoms with Crippen LogP contribution < -0.4 is 10.0 Å². The van der Waals surface area contributed by atoms with E-state index in [1.165, 1.54) is 24.3 Å². The summed E-state index contributed by atoms with van der Waals surface area (Å²) in [6.45, 7) is 2.64. The molecule has 7 heteroatoms. The molecule has 0 bridgehead atoms. The molecule has 0 unspecified atom stereocenters. The fraction of sp³-hybridized carbons (Fsp3) is 0.235. The number of halogens is 1. The fourth-order valence-electron chi connectivity index (χ4n) is 2.01. The first-order valence-electron chi connectivity index (χ1n) is 7.59. The van der Waals surface area contributed by atoms with Crippen molar-refractivity contribution in [3.05, 3.63) is 59.1 Å². The lowest BCUT2D eigenvalue weighted by Gasteiger charge is -2.10. The van der Waals surface area contributed by atoms with Crippen molar-refractivity contribution in [2.24, 2.45) is 0 Å². The van der Waals surface area contributed by atoms with Gasteiger partial charge in [0, 0.05) is 12.1 Å². The number of carbonyl (C=O) groups is 1. The molecule has 0 spiro atoms. The molecule has 5 nitrogen and oxygen atoms in total. The predicted octanol–water partition coefficient (Wildman–Crippen LogP) is 3.67. The van der Waals surface area contributed by atoms with Crippen molar-refractivity contribution in [3.8, 4) is 0 Å². The smallest absolute Gasteiger partial charge is 0.261 e. The van der Waals surface area contributed by atoms with Gasteiger partial charge in [-0.3, -0.25) is 9.52 Å². The van der Waals surface area contributed by atoms with Crippen LogP contribution in [0.1, 0.15) is 30.1 Å². The molecule has 2 N–H and O–H groups in total. The van der Waals surface area contributed by atoms with Crippen LogP contribution in [0.15, 0.2) is 53.4 Å². The zero-order valence-corrected chi connectivity index (χ0v) is 14.8. The minimum atomic E-state index is -3.77. The van der Waals surface area contributed by atoms with Crippen molar-refractivity contribution in [3.63, 3.8) is 0 Å². The van der Waals surface area contributed by atoms with Crippen LogP contribution in [0.25, 0.3) is 0 Å². The summed E-state index contributed by atoms with van der Waals surface area (Å²) in [5.74, 6) is -0.216. The zero-order valence-electron chi connectivity index (χ0n) is 13.3. The molecule has 0 aliphatic heterocycles. The highest BCUT2D eigenvalue weighted by Gasteiger charge is 2.16. The van der Waals surface area contributed by atoms with Crippen molar-refractivity contribution in [1.82, 2.24) is 5.32 Å². The lowest BCUT2D eigenvalue weighted by molar-refractivity contribution is 0.0953. The molecule has 2 aromatic carbocycles. The molecular formula is C17H19ClN2O3S. The fourth-order valence-corrected chi connectivity index (χ4v) is 3.33. The van der Waals surface area contributed by atoms with Gasteiger partial charge < -0.3 is 5.32 Å². The number of nitrogens with one attached hydrogen (secondary N) is 2. The van der Waals surface area contributed by atoms with E-state index in [2.05, 4.69) is 10.0 Å². The number of benzene rings is 2. The van der Waals surface area contributed by atoms with Crippen LogP contribution in [0.5, 0.6) is 0 Å². The molecule has 24 heavy (non-hydrogen) atoms. The maximum Gasteiger partial charge on any atom is 0.261 e. The summed E-state index contributed by atoms with van der Waals surface area (Å²) >= 11 is 5.97. The Bertz CT molecular complexity index is 805. The molecule has 0 atom stereocenters. The van der Waals surface area contributed by atoms with E-state index in [4.69, 9.17) is 11.6 Å². The third-order valence-corrected chi connectivity index (χ3v) is 5.07. The number of unbranched alkanes of at least 4 members (excludes halogenated alkanes) is 1. The Kier molecular flexibility index (Phi) is 6.23. The Morgan fingerprint density at radius 2 is 1.75 bits per heavy atom. The second kappa shape index (κ2) is 8.17. The van der Waals surface area contributed by atoms with Gasteiger partial charge in [0.1, 0.15) is 0 Å². The van der Waals surface area contributed by atoms with Crippen LogP contribution >= 0.6 is 11.6 Å². The highest BCUT2D eigenvalue weighted by molar-refractivity contribution is 7.92. The first-order chi connectivity index (χ1) is 11.4. The number of amides is 1. The molecule has 0 aromatic heterocycles. The molecule has 0 aliphatic rings. The Hall–Kier alpha value is -2.05. The summed E-state index contributed by atoms with van der Waals surface area (Å²) in [6.07, 6.45) is 1.89. The molecule has 2 rings (SSSR count). The van der Waals surface area contributed by atoms with E-state index >= 15 is 0 Å². The van der Waals surface area contributed by atoms with E-state index in [9.17, 15) is 13.2 Å². The highest BCUT2D eigenvalue weighted by Crippen LogP contribution is 2.24. The molecule has 0 saturated carbocycles. The minimum absolute atomic E-state index is 0.0625. The molecule has 128 valence electrons. The van der Waals surface area contributed by atoms with Gasteiger partial charge in [-0.25, -0.2) is 8.42 Å². The van der Waals surface area contributed by atoms with Gasteiger partial charge in [-0.05, 0) is 42.8 Å². The van der Waals surface area contributed by atoms with Gasteiger partial charge in [-0.2, -0.15) is 0 Å². The minimum Gasteiger partial charge on any atom is -0.352 e. The summed E-state index contributed by atoms with van der Waals surface area (Å²) in [6, 6.07) is 12.4. The monoisotopic (exact) mass is 366 g/mol. The largest absolute Gasteiger partial charge is 0.352 e. The Labute approximate surface area is 147 Å². The first kappa shape index (κ1) is 18.3. The summed E-state index contributed by atoms with van der Waals surface area (Å²) in [5, 5.41) is 3.10. The number of carbonyl (C=O) groups excluding carboxylic acids is 1. The van der Waals surface area contributed by atoms with Crippen LogP contribution in [0.2, 0.25) is 5.02 Å². The Morgan fingerprint density at radius 1 is 1.08 bits per heavy atom. The Morgan fingerprint density at radius 3 is 2.38 bits per heavy atom. The number of anilines is 1. The maximum absolute atomic E-state index is 12.4. The van der Waals surface area contributed by atoms with Crippen LogP contribution in [0.4, 0.5) is 5.69 Å². The number of rotatable bonds is 7. The highest BCUT2D eigenvalue weighted by atomic mass is 35.5. The van der Waals surface area contributed by atoms with Gasteiger partial charge >= 0.3 is 0 Å². The van der Waals surface area contributed by atoms with Crippen molar-refractivity contribution in [2.45, 2.75) is 24.7 Å². The quantitative estimate of drug-likeness (QED) is 0.734. The van der Waals surface area contributed by atoms with E-state index in [0.29, 0.717) is 22.8 Å². The lowest BCUT2D eigenvalue weighted by Crippen LogP contribution is -2.24. The van der Waals surface area contributed by atoms with Crippen LogP contribution in [0, 0.1) is 0 Å². The third-order valence-electron chi connectivity index (χ3n) is 3.36. The van der Waals surface area contributed by atoms with Gasteiger partial charge in [0.25, 0.3) is 15.9 Å². The Balaban J connectivity index is 2.12. The van der Waals surface area contributed by atoms with Gasteiger partial charge in [0.15, 0.2) is 0 Å². The second-order valence-electron chi connectivity index (χ2n) is 5.22. The molecular weight excluding hydrogens is 348 g/mol. The van der Waals surface area contributed by atoms with Gasteiger partial charge in [0.05, 0.1) is 15.6 Å². The number of hydrogen-bond donors (Lipinski definition) is 2. The standard InChI is InChI=1S/C17H19ClN2O3S/c1-2-3-12-19-17(21)13-8-10-14(11-9-13)24(22,23)20-16-7-5-4-6-15(16)18/h4-11,20H,2-3,12H2,1H3,(H,19,21). The van der Waals surface area contributed by atoms with Gasteiger partial charge in [-0.15, -0.1) is 0 Å². The normalized spacial score (nSPS) is 11.1. The lowest BCUT2D eigenvalue weighted by atomic mass is 10.2. The van der Waals surface area contributed by atoms with E-state index in [0.717, 1.165) is 12.8 Å². The zero-order chi connectivity index (χ0) is 17.6. The molecule has 1 amide bonds. The molecule has 0 fully saturated rings. The predicted molar refractivity (Wildman–Crippen MR) is 95.9 cm³/mol. The molecule has 0 heterocycles. The topological polar surface area (TPSA) is 75.3 Å². The van der Waals surface area contributed by atoms with Gasteiger partial charge in [0.2, 0.25) is 0 Å². The first-order valence-corrected chi connectivity index (χ1v) is 9.46. The van der Waals surface area contributed by atoms with E-state index in [1.807, 2.05) is 6.92 Å². The SMILES string of the molecule is CCCCNC(=O)c1ccc(S(=O)(=O)Nc2ccccc2Cl)cc1. The van der Waals surface area contributed by atoms with E-state index < -0.39 is 10.0 Å². The second-order valence-corrected chi connectivity index (χ2v) is 7.31. The van der Waals surface area contributed by atoms with Crippen LogP contribution in [-0.4, -0.2) is 20.9 Å². The third kappa shape index (κ3) is 4.72. The summed E-state index contributed by atoms with van der Waals surface area (Å²) in [5.41, 5.74) is 0.725. The summed E-state index contributed by atoms with van der Waals surface area (Å²) < 4.78 is 27.2. The maximum atomic E-state index is 12.4. The average molecular weight is 367 g/mol. The van der Waals surface area contributed by atoms with Gasteiger partial charge in [-0.1, -0.05) is 37.1 Å². The van der Waals surface area contributed by atoms with Crippen LogP contribution in [-0.2, 0) is 10.0 Å². The number of hydrogen-bond acceptors (Lipinski definition) is 3. The van der Waals surface area contributed by atoms with Crippen molar-refractivity contribution >= 4 is 33.2 Å².